The van der Waals surface area contributed by atoms with Gasteiger partial charge < -0.3 is 9.64 Å². The molecule has 4 heterocycles. The molecule has 0 unspecified atom stereocenters. The van der Waals surface area contributed by atoms with Gasteiger partial charge in [-0.15, -0.1) is 5.10 Å². The predicted octanol–water partition coefficient (Wildman–Crippen LogP) is 0.895. The summed E-state index contributed by atoms with van der Waals surface area (Å²) in [6.07, 6.45) is 4.52. The van der Waals surface area contributed by atoms with Gasteiger partial charge in [0.05, 0.1) is 36.2 Å². The van der Waals surface area contributed by atoms with Crippen LogP contribution >= 0.6 is 0 Å². The van der Waals surface area contributed by atoms with E-state index in [4.69, 9.17) is 4.74 Å². The molecular weight excluding hydrogens is 268 g/mol. The number of rotatable bonds is 1. The Balaban J connectivity index is 1.66. The molecule has 0 N–H and O–H groups in total. The maximum atomic E-state index is 9.24. The van der Waals surface area contributed by atoms with Crippen LogP contribution in [0.4, 0.5) is 5.82 Å². The summed E-state index contributed by atoms with van der Waals surface area (Å²) in [5, 5.41) is 17.4. The monoisotopic (exact) mass is 282 g/mol. The highest BCUT2D eigenvalue weighted by Gasteiger charge is 2.37. The van der Waals surface area contributed by atoms with Crippen molar-refractivity contribution in [3.8, 4) is 6.07 Å². The fraction of sp³-hybridized carbons (Fsp3) is 0.429. The second-order valence-corrected chi connectivity index (χ2v) is 5.31. The Labute approximate surface area is 121 Å². The second-order valence-electron chi connectivity index (χ2n) is 5.31. The maximum Gasteiger partial charge on any atom is 0.146 e. The van der Waals surface area contributed by atoms with Crippen LogP contribution in [0, 0.1) is 11.3 Å². The number of hydrogen-bond acceptors (Lipinski definition) is 6. The third-order valence-corrected chi connectivity index (χ3v) is 4.14. The molecule has 0 amide bonds. The lowest BCUT2D eigenvalue weighted by atomic mass is 10.00. The molecule has 0 aromatic carbocycles. The Kier molecular flexibility index (Phi) is 2.82. The van der Waals surface area contributed by atoms with Crippen molar-refractivity contribution in [3.05, 3.63) is 35.8 Å². The highest BCUT2D eigenvalue weighted by molar-refractivity contribution is 5.53. The largest absolute Gasteiger partial charge is 0.370 e. The summed E-state index contributed by atoms with van der Waals surface area (Å²) in [6, 6.07) is 5.92. The first-order valence-electron chi connectivity index (χ1n) is 6.97. The number of hydrogen-bond donors (Lipinski definition) is 0. The van der Waals surface area contributed by atoms with Gasteiger partial charge in [0, 0.05) is 19.3 Å². The van der Waals surface area contributed by atoms with E-state index in [9.17, 15) is 5.26 Å². The van der Waals surface area contributed by atoms with E-state index < -0.39 is 0 Å². The predicted molar refractivity (Wildman–Crippen MR) is 73.4 cm³/mol. The molecule has 0 bridgehead atoms. The number of piperidine rings is 1. The van der Waals surface area contributed by atoms with Crippen LogP contribution in [-0.2, 0) is 11.3 Å². The van der Waals surface area contributed by atoms with Crippen LogP contribution in [0.15, 0.2) is 24.5 Å². The molecule has 2 aliphatic heterocycles. The number of ether oxygens (including phenoxy) is 1. The molecule has 0 aliphatic carbocycles. The van der Waals surface area contributed by atoms with E-state index in [2.05, 4.69) is 26.3 Å². The molecule has 7 heteroatoms. The van der Waals surface area contributed by atoms with Gasteiger partial charge in [-0.2, -0.15) is 5.26 Å². The number of nitrogens with zero attached hydrogens (tertiary/aromatic N) is 6. The molecule has 106 valence electrons. The molecule has 2 aromatic heterocycles. The number of pyridine rings is 1. The second kappa shape index (κ2) is 4.82. The fourth-order valence-electron chi connectivity index (χ4n) is 3.11. The van der Waals surface area contributed by atoms with Gasteiger partial charge in [-0.1, -0.05) is 5.21 Å². The maximum absolute atomic E-state index is 9.24. The van der Waals surface area contributed by atoms with Gasteiger partial charge in [0.1, 0.15) is 11.9 Å². The smallest absolute Gasteiger partial charge is 0.146 e. The normalized spacial score (nSPS) is 24.0. The van der Waals surface area contributed by atoms with Crippen molar-refractivity contribution >= 4 is 5.82 Å². The highest BCUT2D eigenvalue weighted by atomic mass is 16.5. The van der Waals surface area contributed by atoms with Crippen LogP contribution in [0.1, 0.15) is 23.7 Å². The Morgan fingerprint density at radius 3 is 3.29 bits per heavy atom. The lowest BCUT2D eigenvalue weighted by molar-refractivity contribution is -0.0373. The molecular formula is C14H14N6O. The number of nitriles is 1. The molecule has 4 rings (SSSR count). The summed E-state index contributed by atoms with van der Waals surface area (Å²) in [5.41, 5.74) is 1.60. The van der Waals surface area contributed by atoms with E-state index in [1.54, 1.807) is 24.5 Å². The van der Waals surface area contributed by atoms with Crippen LogP contribution in [-0.4, -0.2) is 39.2 Å². The molecule has 1 saturated heterocycles. The zero-order valence-corrected chi connectivity index (χ0v) is 11.4. The molecule has 7 nitrogen and oxygen atoms in total. The van der Waals surface area contributed by atoms with Gasteiger partial charge in [0.25, 0.3) is 0 Å². The van der Waals surface area contributed by atoms with E-state index in [1.807, 2.05) is 4.68 Å². The van der Waals surface area contributed by atoms with Gasteiger partial charge in [0.2, 0.25) is 0 Å². The van der Waals surface area contributed by atoms with Gasteiger partial charge in [-0.3, -0.25) is 0 Å². The summed E-state index contributed by atoms with van der Waals surface area (Å²) in [6.45, 7) is 2.13. The van der Waals surface area contributed by atoms with Crippen molar-refractivity contribution in [2.75, 3.05) is 18.0 Å². The first-order chi connectivity index (χ1) is 10.4. The lowest BCUT2D eigenvalue weighted by Gasteiger charge is -2.41. The zero-order valence-electron chi connectivity index (χ0n) is 11.4. The number of anilines is 1. The summed E-state index contributed by atoms with van der Waals surface area (Å²) in [7, 11) is 0. The molecule has 2 aromatic rings. The van der Waals surface area contributed by atoms with Crippen LogP contribution in [0.2, 0.25) is 0 Å². The minimum absolute atomic E-state index is 0.124. The molecule has 0 saturated carbocycles. The summed E-state index contributed by atoms with van der Waals surface area (Å²) >= 11 is 0. The molecule has 21 heavy (non-hydrogen) atoms. The van der Waals surface area contributed by atoms with Crippen LogP contribution in [0.5, 0.6) is 0 Å². The van der Waals surface area contributed by atoms with Crippen molar-refractivity contribution in [1.82, 2.24) is 20.0 Å². The zero-order chi connectivity index (χ0) is 14.2. The third kappa shape index (κ3) is 1.96. The highest BCUT2D eigenvalue weighted by Crippen LogP contribution is 2.32. The lowest BCUT2D eigenvalue weighted by Crippen LogP contribution is -2.48. The SMILES string of the molecule is N#Cc1cccnc1N1CC[C@H]2OCc3cnnn3[C@@H]2C1. The van der Waals surface area contributed by atoms with Crippen molar-refractivity contribution in [1.29, 1.82) is 5.26 Å². The Morgan fingerprint density at radius 2 is 2.38 bits per heavy atom. The van der Waals surface area contributed by atoms with E-state index in [1.165, 1.54) is 0 Å². The average Bonchev–Trinajstić information content (AvgIpc) is 3.03. The van der Waals surface area contributed by atoms with E-state index in [-0.39, 0.29) is 12.1 Å². The fourth-order valence-corrected chi connectivity index (χ4v) is 3.11. The summed E-state index contributed by atoms with van der Waals surface area (Å²) in [5.74, 6) is 0.741. The van der Waals surface area contributed by atoms with Crippen molar-refractivity contribution in [2.45, 2.75) is 25.2 Å². The summed E-state index contributed by atoms with van der Waals surface area (Å²) < 4.78 is 7.85. The van der Waals surface area contributed by atoms with Gasteiger partial charge >= 0.3 is 0 Å². The Bertz CT molecular complexity index is 705. The number of fused-ring (bicyclic) bond motifs is 3. The quantitative estimate of drug-likeness (QED) is 0.773. The molecule has 2 atom stereocenters. The molecule has 1 fully saturated rings. The van der Waals surface area contributed by atoms with E-state index >= 15 is 0 Å². The molecule has 0 radical (unpaired) electrons. The minimum Gasteiger partial charge on any atom is -0.370 e. The number of aromatic nitrogens is 4. The molecule has 0 spiro atoms. The van der Waals surface area contributed by atoms with E-state index in [0.29, 0.717) is 12.2 Å². The van der Waals surface area contributed by atoms with Crippen LogP contribution in [0.25, 0.3) is 0 Å². The topological polar surface area (TPSA) is 79.9 Å². The van der Waals surface area contributed by atoms with Gasteiger partial charge in [-0.05, 0) is 18.6 Å². The van der Waals surface area contributed by atoms with Crippen molar-refractivity contribution in [3.63, 3.8) is 0 Å². The molecule has 2 aliphatic rings. The average molecular weight is 282 g/mol. The Morgan fingerprint density at radius 1 is 1.43 bits per heavy atom. The standard InChI is InChI=1S/C14H14N6O/c15-6-10-2-1-4-16-14(10)19-5-3-13-12(8-19)20-11(9-21-13)7-17-18-20/h1-2,4,7,12-13H,3,5,8-9H2/t12-,13-/m1/s1. The van der Waals surface area contributed by atoms with E-state index in [0.717, 1.165) is 31.0 Å². The third-order valence-electron chi connectivity index (χ3n) is 4.14. The first-order valence-corrected chi connectivity index (χ1v) is 6.97. The summed E-state index contributed by atoms with van der Waals surface area (Å²) in [4.78, 5) is 6.51. The van der Waals surface area contributed by atoms with Crippen LogP contribution < -0.4 is 4.90 Å². The Hall–Kier alpha value is -2.46. The minimum atomic E-state index is 0.124. The van der Waals surface area contributed by atoms with Crippen molar-refractivity contribution in [2.24, 2.45) is 0 Å². The van der Waals surface area contributed by atoms with Gasteiger partial charge in [-0.25, -0.2) is 9.67 Å². The first kappa shape index (κ1) is 12.3. The van der Waals surface area contributed by atoms with Gasteiger partial charge in [0.15, 0.2) is 0 Å². The van der Waals surface area contributed by atoms with Crippen LogP contribution in [0.3, 0.4) is 0 Å². The van der Waals surface area contributed by atoms with Crippen molar-refractivity contribution < 1.29 is 4.74 Å².